The van der Waals surface area contributed by atoms with Crippen molar-refractivity contribution in [2.45, 2.75) is 82.0 Å². The molecule has 11 unspecified atom stereocenters. The first-order valence-electron chi connectivity index (χ1n) is 10.9. The van der Waals surface area contributed by atoms with Crippen LogP contribution in [0, 0.1) is 17.8 Å². The van der Waals surface area contributed by atoms with E-state index in [1.54, 1.807) is 14.0 Å². The molecule has 3 aliphatic rings. The molecule has 0 aromatic rings. The Balaban J connectivity index is 1.76. The van der Waals surface area contributed by atoms with Crippen molar-refractivity contribution in [3.05, 3.63) is 11.8 Å². The summed E-state index contributed by atoms with van der Waals surface area (Å²) in [5, 5.41) is 35.4. The van der Waals surface area contributed by atoms with E-state index >= 15 is 0 Å². The fourth-order valence-electron chi connectivity index (χ4n) is 5.28. The Morgan fingerprint density at radius 3 is 2.60 bits per heavy atom. The maximum absolute atomic E-state index is 11.3. The molecule has 3 rings (SSSR count). The number of nitrogens with two attached hydrogens (primary N) is 2. The zero-order valence-corrected chi connectivity index (χ0v) is 18.4. The second-order valence-corrected chi connectivity index (χ2v) is 9.51. The van der Waals surface area contributed by atoms with Crippen molar-refractivity contribution in [2.24, 2.45) is 29.2 Å². The number of nitrogens with one attached hydrogen (secondary N) is 1. The van der Waals surface area contributed by atoms with Gasteiger partial charge in [-0.25, -0.2) is 0 Å². The van der Waals surface area contributed by atoms with E-state index in [0.717, 1.165) is 12.2 Å². The first-order chi connectivity index (χ1) is 14.1. The lowest BCUT2D eigenvalue weighted by molar-refractivity contribution is -0.301. The number of ether oxygens (including phenoxy) is 3. The Hall–Kier alpha value is -0.780. The van der Waals surface area contributed by atoms with Crippen molar-refractivity contribution in [3.8, 4) is 0 Å². The molecule has 30 heavy (non-hydrogen) atoms. The third-order valence-corrected chi connectivity index (χ3v) is 7.01. The largest absolute Gasteiger partial charge is 0.493 e. The molecule has 1 saturated carbocycles. The van der Waals surface area contributed by atoms with Gasteiger partial charge in [0.1, 0.15) is 23.6 Å². The normalized spacial score (nSPS) is 50.0. The molecule has 0 spiro atoms. The van der Waals surface area contributed by atoms with E-state index in [1.807, 2.05) is 13.0 Å². The third kappa shape index (κ3) is 4.54. The lowest BCUT2D eigenvalue weighted by atomic mass is 9.70. The summed E-state index contributed by atoms with van der Waals surface area (Å²) in [7, 11) is 1.67. The molecule has 0 bridgehead atoms. The standard InChI is InChI=1S/C21H39N3O6/c1-10-5-6-12(8-22)29-17(10)14-13(23)7-11(2)18(15(14)25)30-20-16(26)19(24-4)21(3,27)9-28-20/h6,10-11,13-20,24-27H,5,7-9,22-23H2,1-4H3. The average molecular weight is 430 g/mol. The number of allylic oxidation sites excluding steroid dienone is 1. The molecule has 0 radical (unpaired) electrons. The minimum absolute atomic E-state index is 0.00774. The summed E-state index contributed by atoms with van der Waals surface area (Å²) in [5.74, 6) is 0.528. The van der Waals surface area contributed by atoms with Gasteiger partial charge in [0.25, 0.3) is 0 Å². The molecular formula is C21H39N3O6. The summed E-state index contributed by atoms with van der Waals surface area (Å²) in [6.07, 6.45) is -0.339. The van der Waals surface area contributed by atoms with Crippen molar-refractivity contribution < 1.29 is 29.5 Å². The van der Waals surface area contributed by atoms with Gasteiger partial charge in [-0.3, -0.25) is 0 Å². The summed E-state index contributed by atoms with van der Waals surface area (Å²) in [5.41, 5.74) is 11.0. The highest BCUT2D eigenvalue weighted by Crippen LogP contribution is 2.40. The molecule has 174 valence electrons. The Morgan fingerprint density at radius 2 is 1.97 bits per heavy atom. The van der Waals surface area contributed by atoms with E-state index < -0.39 is 36.2 Å². The van der Waals surface area contributed by atoms with Crippen LogP contribution < -0.4 is 16.8 Å². The van der Waals surface area contributed by atoms with Crippen molar-refractivity contribution in [1.29, 1.82) is 0 Å². The Bertz CT molecular complexity index is 618. The predicted molar refractivity (Wildman–Crippen MR) is 111 cm³/mol. The van der Waals surface area contributed by atoms with Gasteiger partial charge in [-0.1, -0.05) is 13.8 Å². The molecular weight excluding hydrogens is 390 g/mol. The first kappa shape index (κ1) is 23.9. The Kier molecular flexibility index (Phi) is 7.46. The Morgan fingerprint density at radius 1 is 1.27 bits per heavy atom. The van der Waals surface area contributed by atoms with E-state index in [9.17, 15) is 15.3 Å². The van der Waals surface area contributed by atoms with Crippen molar-refractivity contribution in [2.75, 3.05) is 20.2 Å². The van der Waals surface area contributed by atoms with Gasteiger partial charge >= 0.3 is 0 Å². The molecule has 0 aromatic carbocycles. The molecule has 1 aliphatic carbocycles. The number of hydrogen-bond donors (Lipinski definition) is 6. The van der Waals surface area contributed by atoms with Gasteiger partial charge in [-0.2, -0.15) is 0 Å². The van der Waals surface area contributed by atoms with E-state index in [4.69, 9.17) is 25.7 Å². The van der Waals surface area contributed by atoms with Gasteiger partial charge in [-0.05, 0) is 44.7 Å². The maximum Gasteiger partial charge on any atom is 0.185 e. The predicted octanol–water partition coefficient (Wildman–Crippen LogP) is -0.960. The van der Waals surface area contributed by atoms with Crippen molar-refractivity contribution >= 4 is 0 Å². The van der Waals surface area contributed by atoms with E-state index in [2.05, 4.69) is 12.2 Å². The summed E-state index contributed by atoms with van der Waals surface area (Å²) < 4.78 is 17.9. The van der Waals surface area contributed by atoms with Crippen LogP contribution in [0.5, 0.6) is 0 Å². The van der Waals surface area contributed by atoms with Gasteiger partial charge in [0.05, 0.1) is 31.4 Å². The maximum atomic E-state index is 11.3. The lowest BCUT2D eigenvalue weighted by Gasteiger charge is -2.50. The number of likely N-dealkylation sites (N-methyl/N-ethyl adjacent to an activating group) is 1. The number of aliphatic hydroxyl groups is 3. The zero-order chi connectivity index (χ0) is 22.2. The topological polar surface area (TPSA) is 152 Å². The van der Waals surface area contributed by atoms with Crippen LogP contribution in [0.25, 0.3) is 0 Å². The summed E-state index contributed by atoms with van der Waals surface area (Å²) in [6.45, 7) is 5.97. The van der Waals surface area contributed by atoms with Crippen molar-refractivity contribution in [3.63, 3.8) is 0 Å². The fourth-order valence-corrected chi connectivity index (χ4v) is 5.28. The van der Waals surface area contributed by atoms with Gasteiger partial charge in [0.15, 0.2) is 6.29 Å². The van der Waals surface area contributed by atoms with Crippen LogP contribution in [0.3, 0.4) is 0 Å². The highest BCUT2D eigenvalue weighted by atomic mass is 16.7. The average Bonchev–Trinajstić information content (AvgIpc) is 2.68. The second kappa shape index (κ2) is 9.38. The summed E-state index contributed by atoms with van der Waals surface area (Å²) in [6, 6.07) is -0.869. The molecule has 8 N–H and O–H groups in total. The van der Waals surface area contributed by atoms with Crippen LogP contribution in [0.1, 0.15) is 33.6 Å². The summed E-state index contributed by atoms with van der Waals surface area (Å²) in [4.78, 5) is 0. The molecule has 9 heteroatoms. The highest BCUT2D eigenvalue weighted by Gasteiger charge is 2.51. The van der Waals surface area contributed by atoms with Crippen LogP contribution >= 0.6 is 0 Å². The zero-order valence-electron chi connectivity index (χ0n) is 18.4. The fraction of sp³-hybridized carbons (Fsp3) is 0.905. The minimum atomic E-state index is -1.23. The van der Waals surface area contributed by atoms with Gasteiger partial charge in [0, 0.05) is 12.0 Å². The Labute approximate surface area is 178 Å². The summed E-state index contributed by atoms with van der Waals surface area (Å²) >= 11 is 0. The number of rotatable bonds is 5. The molecule has 0 amide bonds. The lowest BCUT2D eigenvalue weighted by Crippen LogP contribution is -2.66. The van der Waals surface area contributed by atoms with Crippen LogP contribution in [0.15, 0.2) is 11.8 Å². The van der Waals surface area contributed by atoms with Crippen LogP contribution in [0.4, 0.5) is 0 Å². The van der Waals surface area contributed by atoms with E-state index in [1.165, 1.54) is 0 Å². The molecule has 2 heterocycles. The van der Waals surface area contributed by atoms with Gasteiger partial charge < -0.3 is 46.3 Å². The second-order valence-electron chi connectivity index (χ2n) is 9.51. The smallest absolute Gasteiger partial charge is 0.185 e. The van der Waals surface area contributed by atoms with Crippen molar-refractivity contribution in [1.82, 2.24) is 5.32 Å². The molecule has 2 aliphatic heterocycles. The number of aliphatic hydroxyl groups excluding tert-OH is 2. The molecule has 9 nitrogen and oxygen atoms in total. The quantitative estimate of drug-likeness (QED) is 0.324. The van der Waals surface area contributed by atoms with E-state index in [0.29, 0.717) is 13.0 Å². The molecule has 11 atom stereocenters. The molecule has 1 saturated heterocycles. The van der Waals surface area contributed by atoms with Crippen LogP contribution in [0.2, 0.25) is 0 Å². The first-order valence-corrected chi connectivity index (χ1v) is 10.9. The highest BCUT2D eigenvalue weighted by molar-refractivity contribution is 5.07. The van der Waals surface area contributed by atoms with Gasteiger partial charge in [0.2, 0.25) is 0 Å². The van der Waals surface area contributed by atoms with Crippen LogP contribution in [-0.4, -0.2) is 83.9 Å². The van der Waals surface area contributed by atoms with E-state index in [-0.39, 0.29) is 36.5 Å². The minimum Gasteiger partial charge on any atom is -0.493 e. The molecule has 0 aromatic heterocycles. The third-order valence-electron chi connectivity index (χ3n) is 7.01. The molecule has 2 fully saturated rings. The van der Waals surface area contributed by atoms with Gasteiger partial charge in [-0.15, -0.1) is 0 Å². The number of hydrogen-bond acceptors (Lipinski definition) is 9. The SMILES string of the molecule is CNC1C(O)C(OC2C(C)CC(N)C(C3OC(CN)=CCC3C)C2O)OCC1(C)O. The van der Waals surface area contributed by atoms with Crippen LogP contribution in [-0.2, 0) is 14.2 Å². The monoisotopic (exact) mass is 429 g/mol.